The Balaban J connectivity index is 2.96. The monoisotopic (exact) mass is 293 g/mol. The summed E-state index contributed by atoms with van der Waals surface area (Å²) in [6.45, 7) is 11.2. The number of benzene rings is 1. The summed E-state index contributed by atoms with van der Waals surface area (Å²) >= 11 is 0. The number of ether oxygens (including phenoxy) is 2. The van der Waals surface area contributed by atoms with E-state index in [2.05, 4.69) is 39.9 Å². The van der Waals surface area contributed by atoms with Crippen LogP contribution in [0.25, 0.3) is 0 Å². The summed E-state index contributed by atoms with van der Waals surface area (Å²) in [4.78, 5) is 0. The Bertz CT molecular complexity index is 431. The molecule has 0 aliphatic carbocycles. The third kappa shape index (κ3) is 5.49. The first kappa shape index (κ1) is 17.7. The van der Waals surface area contributed by atoms with Gasteiger partial charge in [0.2, 0.25) is 0 Å². The highest BCUT2D eigenvalue weighted by molar-refractivity contribution is 5.60. The Hall–Kier alpha value is -1.38. The van der Waals surface area contributed by atoms with E-state index in [0.29, 0.717) is 17.9 Å². The quantitative estimate of drug-likeness (QED) is 0.740. The third-order valence-electron chi connectivity index (χ3n) is 3.60. The lowest BCUT2D eigenvalue weighted by Crippen LogP contribution is -2.24. The van der Waals surface area contributed by atoms with Crippen LogP contribution in [0.4, 0.5) is 5.69 Å². The van der Waals surface area contributed by atoms with E-state index < -0.39 is 0 Å². The van der Waals surface area contributed by atoms with Crippen LogP contribution >= 0.6 is 0 Å². The van der Waals surface area contributed by atoms with Gasteiger partial charge in [-0.1, -0.05) is 27.7 Å². The van der Waals surface area contributed by atoms with Gasteiger partial charge < -0.3 is 14.8 Å². The fourth-order valence-electron chi connectivity index (χ4n) is 2.71. The molecular weight excluding hydrogens is 262 g/mol. The van der Waals surface area contributed by atoms with Gasteiger partial charge in [0.25, 0.3) is 0 Å². The zero-order valence-electron chi connectivity index (χ0n) is 14.6. The number of methoxy groups -OCH3 is 2. The zero-order chi connectivity index (χ0) is 16.0. The van der Waals surface area contributed by atoms with Crippen LogP contribution in [0.2, 0.25) is 0 Å². The smallest absolute Gasteiger partial charge is 0.162 e. The minimum Gasteiger partial charge on any atom is -0.493 e. The first-order valence-electron chi connectivity index (χ1n) is 7.86. The highest BCUT2D eigenvalue weighted by Crippen LogP contribution is 2.34. The minimum absolute atomic E-state index is 0.488. The van der Waals surface area contributed by atoms with Crippen LogP contribution in [0.3, 0.4) is 0 Å². The Morgan fingerprint density at radius 3 is 1.81 bits per heavy atom. The second-order valence-electron chi connectivity index (χ2n) is 6.62. The van der Waals surface area contributed by atoms with Crippen LogP contribution in [-0.2, 0) is 0 Å². The molecule has 0 saturated heterocycles. The van der Waals surface area contributed by atoms with Gasteiger partial charge in [0.05, 0.1) is 14.2 Å². The van der Waals surface area contributed by atoms with Gasteiger partial charge in [-0.15, -0.1) is 0 Å². The maximum Gasteiger partial charge on any atom is 0.162 e. The first-order chi connectivity index (χ1) is 9.87. The average Bonchev–Trinajstić information content (AvgIpc) is 2.38. The molecule has 0 aliphatic rings. The van der Waals surface area contributed by atoms with Crippen molar-refractivity contribution in [2.24, 2.45) is 11.8 Å². The molecule has 1 aromatic carbocycles. The van der Waals surface area contributed by atoms with Crippen molar-refractivity contribution in [3.05, 3.63) is 17.7 Å². The van der Waals surface area contributed by atoms with Crippen LogP contribution in [0, 0.1) is 18.8 Å². The van der Waals surface area contributed by atoms with Crippen molar-refractivity contribution in [3.8, 4) is 11.5 Å². The van der Waals surface area contributed by atoms with E-state index in [-0.39, 0.29) is 0 Å². The summed E-state index contributed by atoms with van der Waals surface area (Å²) in [6, 6.07) is 4.56. The number of nitrogens with one attached hydrogen (secondary N) is 1. The van der Waals surface area contributed by atoms with Crippen molar-refractivity contribution in [2.45, 2.75) is 53.5 Å². The molecular formula is C18H31NO2. The largest absolute Gasteiger partial charge is 0.493 e. The normalized spacial score (nSPS) is 11.3. The standard InChI is InChI=1S/C18H31NO2/c1-12(2)8-15(9-13(3)4)19-16-11-18(21-7)17(20-6)10-14(16)5/h10-13,15,19H,8-9H2,1-7H3. The van der Waals surface area contributed by atoms with Crippen LogP contribution in [0.15, 0.2) is 12.1 Å². The van der Waals surface area contributed by atoms with E-state index in [1.54, 1.807) is 14.2 Å². The van der Waals surface area contributed by atoms with Crippen LogP contribution in [0.1, 0.15) is 46.1 Å². The Morgan fingerprint density at radius 1 is 0.905 bits per heavy atom. The maximum atomic E-state index is 5.41. The molecule has 3 heteroatoms. The number of anilines is 1. The average molecular weight is 293 g/mol. The summed E-state index contributed by atoms with van der Waals surface area (Å²) in [5.41, 5.74) is 2.32. The SMILES string of the molecule is COc1cc(C)c(NC(CC(C)C)CC(C)C)cc1OC. The van der Waals surface area contributed by atoms with Gasteiger partial charge in [-0.3, -0.25) is 0 Å². The summed E-state index contributed by atoms with van der Waals surface area (Å²) in [7, 11) is 3.35. The molecule has 21 heavy (non-hydrogen) atoms. The summed E-state index contributed by atoms with van der Waals surface area (Å²) in [5, 5.41) is 3.70. The summed E-state index contributed by atoms with van der Waals surface area (Å²) in [5.74, 6) is 2.92. The predicted octanol–water partition coefficient (Wildman–Crippen LogP) is 4.88. The van der Waals surface area contributed by atoms with Gasteiger partial charge in [0, 0.05) is 17.8 Å². The predicted molar refractivity (Wildman–Crippen MR) is 90.6 cm³/mol. The van der Waals surface area contributed by atoms with E-state index in [0.717, 1.165) is 17.2 Å². The van der Waals surface area contributed by atoms with Crippen molar-refractivity contribution in [2.75, 3.05) is 19.5 Å². The molecule has 3 nitrogen and oxygen atoms in total. The molecule has 0 heterocycles. The molecule has 0 fully saturated rings. The van der Waals surface area contributed by atoms with Crippen LogP contribution < -0.4 is 14.8 Å². The highest BCUT2D eigenvalue weighted by atomic mass is 16.5. The number of aryl methyl sites for hydroxylation is 1. The molecule has 0 unspecified atom stereocenters. The van der Waals surface area contributed by atoms with Gasteiger partial charge in [-0.2, -0.15) is 0 Å². The lowest BCUT2D eigenvalue weighted by atomic mass is 9.95. The summed E-state index contributed by atoms with van der Waals surface area (Å²) < 4.78 is 10.8. The van der Waals surface area contributed by atoms with Gasteiger partial charge in [-0.05, 0) is 43.2 Å². The van der Waals surface area contributed by atoms with E-state index in [1.807, 2.05) is 12.1 Å². The molecule has 1 N–H and O–H groups in total. The second kappa shape index (κ2) is 8.16. The van der Waals surface area contributed by atoms with Crippen molar-refractivity contribution in [1.82, 2.24) is 0 Å². The number of hydrogen-bond donors (Lipinski definition) is 1. The fourth-order valence-corrected chi connectivity index (χ4v) is 2.71. The lowest BCUT2D eigenvalue weighted by Gasteiger charge is -2.25. The topological polar surface area (TPSA) is 30.5 Å². The van der Waals surface area contributed by atoms with E-state index in [4.69, 9.17) is 9.47 Å². The van der Waals surface area contributed by atoms with Crippen LogP contribution in [-0.4, -0.2) is 20.3 Å². The molecule has 0 saturated carbocycles. The van der Waals surface area contributed by atoms with Crippen molar-refractivity contribution in [1.29, 1.82) is 0 Å². The van der Waals surface area contributed by atoms with Gasteiger partial charge in [-0.25, -0.2) is 0 Å². The molecule has 0 aromatic heterocycles. The molecule has 120 valence electrons. The fraction of sp³-hybridized carbons (Fsp3) is 0.667. The van der Waals surface area contributed by atoms with E-state index >= 15 is 0 Å². The Labute approximate surface area is 130 Å². The lowest BCUT2D eigenvalue weighted by molar-refractivity contribution is 0.354. The second-order valence-corrected chi connectivity index (χ2v) is 6.62. The summed E-state index contributed by atoms with van der Waals surface area (Å²) in [6.07, 6.45) is 2.35. The minimum atomic E-state index is 0.488. The molecule has 0 aliphatic heterocycles. The first-order valence-corrected chi connectivity index (χ1v) is 7.86. The van der Waals surface area contributed by atoms with Crippen LogP contribution in [0.5, 0.6) is 11.5 Å². The molecule has 0 spiro atoms. The van der Waals surface area contributed by atoms with Crippen molar-refractivity contribution < 1.29 is 9.47 Å². The van der Waals surface area contributed by atoms with E-state index in [9.17, 15) is 0 Å². The van der Waals surface area contributed by atoms with Crippen molar-refractivity contribution in [3.63, 3.8) is 0 Å². The molecule has 0 bridgehead atoms. The molecule has 0 radical (unpaired) electrons. The van der Waals surface area contributed by atoms with Gasteiger partial charge in [0.15, 0.2) is 11.5 Å². The highest BCUT2D eigenvalue weighted by Gasteiger charge is 2.15. The molecule has 1 rings (SSSR count). The van der Waals surface area contributed by atoms with E-state index in [1.165, 1.54) is 18.4 Å². The van der Waals surface area contributed by atoms with Crippen molar-refractivity contribution >= 4 is 5.69 Å². The molecule has 0 atom stereocenters. The molecule has 1 aromatic rings. The third-order valence-corrected chi connectivity index (χ3v) is 3.60. The maximum absolute atomic E-state index is 5.41. The molecule has 0 amide bonds. The Kier molecular flexibility index (Phi) is 6.86. The number of rotatable bonds is 8. The van der Waals surface area contributed by atoms with Gasteiger partial charge >= 0.3 is 0 Å². The number of hydrogen-bond acceptors (Lipinski definition) is 3. The van der Waals surface area contributed by atoms with Gasteiger partial charge in [0.1, 0.15) is 0 Å². The zero-order valence-corrected chi connectivity index (χ0v) is 14.6. The Morgan fingerprint density at radius 2 is 1.38 bits per heavy atom.